The number of fused-ring (bicyclic) bond motifs is 2. The van der Waals surface area contributed by atoms with Gasteiger partial charge in [-0.1, -0.05) is 22.0 Å². The van der Waals surface area contributed by atoms with Gasteiger partial charge in [0.15, 0.2) is 5.78 Å². The number of halogens is 1. The summed E-state index contributed by atoms with van der Waals surface area (Å²) in [6.45, 7) is 2.65. The van der Waals surface area contributed by atoms with E-state index < -0.39 is 0 Å². The van der Waals surface area contributed by atoms with Crippen molar-refractivity contribution in [2.45, 2.75) is 37.8 Å². The van der Waals surface area contributed by atoms with Crippen LogP contribution in [0, 0.1) is 0 Å². The van der Waals surface area contributed by atoms with Crippen molar-refractivity contribution in [3.63, 3.8) is 0 Å². The summed E-state index contributed by atoms with van der Waals surface area (Å²) in [6, 6.07) is 6.29. The number of carbonyl (C=O) groups is 1. The molecule has 21 heavy (non-hydrogen) atoms. The second kappa shape index (κ2) is 4.92. The molecule has 1 aromatic rings. The van der Waals surface area contributed by atoms with E-state index in [0.29, 0.717) is 12.2 Å². The van der Waals surface area contributed by atoms with Crippen LogP contribution >= 0.6 is 15.9 Å². The van der Waals surface area contributed by atoms with Gasteiger partial charge in [-0.25, -0.2) is 4.99 Å². The highest BCUT2D eigenvalue weighted by atomic mass is 79.9. The zero-order chi connectivity index (χ0) is 14.4. The molecule has 0 bridgehead atoms. The summed E-state index contributed by atoms with van der Waals surface area (Å²) in [5.74, 6) is 1.53. The molecule has 2 saturated heterocycles. The highest BCUT2D eigenvalue weighted by molar-refractivity contribution is 9.10. The molecule has 1 spiro atoms. The molecular weight excluding hydrogens is 330 g/mol. The van der Waals surface area contributed by atoms with Gasteiger partial charge in [-0.2, -0.15) is 0 Å². The quantitative estimate of drug-likeness (QED) is 0.784. The van der Waals surface area contributed by atoms with Crippen LogP contribution in [0.1, 0.15) is 31.2 Å². The van der Waals surface area contributed by atoms with Gasteiger partial charge in [0.25, 0.3) is 0 Å². The van der Waals surface area contributed by atoms with Crippen LogP contribution in [0.5, 0.6) is 0 Å². The molecular formula is C16H18BrN3O. The van der Waals surface area contributed by atoms with Gasteiger partial charge in [0.2, 0.25) is 0 Å². The molecule has 3 aliphatic rings. The summed E-state index contributed by atoms with van der Waals surface area (Å²) in [4.78, 5) is 19.4. The number of hydrogen-bond donors (Lipinski definition) is 1. The van der Waals surface area contributed by atoms with Crippen LogP contribution in [-0.4, -0.2) is 35.1 Å². The lowest BCUT2D eigenvalue weighted by molar-refractivity contribution is -0.122. The van der Waals surface area contributed by atoms with Gasteiger partial charge in [0, 0.05) is 36.9 Å². The smallest absolute Gasteiger partial charge is 0.154 e. The molecule has 0 saturated carbocycles. The lowest BCUT2D eigenvalue weighted by Gasteiger charge is -2.29. The van der Waals surface area contributed by atoms with Crippen LogP contribution in [0.4, 0.5) is 5.69 Å². The highest BCUT2D eigenvalue weighted by Gasteiger charge is 2.43. The first kappa shape index (κ1) is 13.5. The van der Waals surface area contributed by atoms with Crippen molar-refractivity contribution >= 4 is 33.2 Å². The van der Waals surface area contributed by atoms with Crippen LogP contribution in [0.2, 0.25) is 0 Å². The molecule has 0 aliphatic carbocycles. The maximum absolute atomic E-state index is 12.2. The molecule has 0 radical (unpaired) electrons. The van der Waals surface area contributed by atoms with Crippen LogP contribution < -0.4 is 5.32 Å². The van der Waals surface area contributed by atoms with Crippen molar-refractivity contribution in [3.8, 4) is 0 Å². The SMILES string of the molecule is O=C1CCNC12CCC1=Nc3cc(Br)ccc3CN1CC2. The van der Waals surface area contributed by atoms with Gasteiger partial charge in [0.05, 0.1) is 11.2 Å². The average Bonchev–Trinajstić information content (AvgIpc) is 2.73. The lowest BCUT2D eigenvalue weighted by Crippen LogP contribution is -2.46. The molecule has 5 heteroatoms. The molecule has 2 fully saturated rings. The molecule has 4 nitrogen and oxygen atoms in total. The second-order valence-electron chi connectivity index (χ2n) is 6.15. The van der Waals surface area contributed by atoms with Crippen molar-refractivity contribution in [2.24, 2.45) is 4.99 Å². The highest BCUT2D eigenvalue weighted by Crippen LogP contribution is 2.35. The first-order valence-electron chi connectivity index (χ1n) is 7.56. The molecule has 110 valence electrons. The van der Waals surface area contributed by atoms with Crippen molar-refractivity contribution in [2.75, 3.05) is 13.1 Å². The predicted octanol–water partition coefficient (Wildman–Crippen LogP) is 2.78. The average molecular weight is 348 g/mol. The number of amidine groups is 1. The summed E-state index contributed by atoms with van der Waals surface area (Å²) in [6.07, 6.45) is 3.34. The standard InChI is InChI=1S/C16H18BrN3O/c17-12-2-1-11-10-20-8-6-16(14(21)4-7-18-16)5-3-15(20)19-13(11)9-12/h1-2,9,18H,3-8,10H2. The number of nitrogens with one attached hydrogen (secondary N) is 1. The van der Waals surface area contributed by atoms with Crippen molar-refractivity contribution in [1.82, 2.24) is 10.2 Å². The Morgan fingerprint density at radius 3 is 3.00 bits per heavy atom. The Balaban J connectivity index is 1.64. The van der Waals surface area contributed by atoms with Gasteiger partial charge < -0.3 is 10.2 Å². The summed E-state index contributed by atoms with van der Waals surface area (Å²) in [5, 5.41) is 3.46. The molecule has 1 unspecified atom stereocenters. The second-order valence-corrected chi connectivity index (χ2v) is 7.07. The van der Waals surface area contributed by atoms with Crippen LogP contribution in [0.25, 0.3) is 0 Å². The van der Waals surface area contributed by atoms with Crippen LogP contribution in [0.3, 0.4) is 0 Å². The Kier molecular flexibility index (Phi) is 3.15. The fourth-order valence-electron chi connectivity index (χ4n) is 3.69. The molecule has 4 rings (SSSR count). The van der Waals surface area contributed by atoms with E-state index in [1.165, 1.54) is 5.56 Å². The van der Waals surface area contributed by atoms with Crippen molar-refractivity contribution < 1.29 is 4.79 Å². The number of aliphatic imine (C=N–C) groups is 1. The lowest BCUT2D eigenvalue weighted by atomic mass is 9.88. The van der Waals surface area contributed by atoms with Gasteiger partial charge >= 0.3 is 0 Å². The number of benzene rings is 1. The summed E-state index contributed by atoms with van der Waals surface area (Å²) >= 11 is 3.51. The Morgan fingerprint density at radius 1 is 1.29 bits per heavy atom. The minimum atomic E-state index is -0.285. The number of hydrogen-bond acceptors (Lipinski definition) is 4. The van der Waals surface area contributed by atoms with E-state index in [4.69, 9.17) is 4.99 Å². The van der Waals surface area contributed by atoms with Gasteiger partial charge in [0.1, 0.15) is 5.84 Å². The first-order chi connectivity index (χ1) is 10.2. The maximum Gasteiger partial charge on any atom is 0.154 e. The van der Waals surface area contributed by atoms with E-state index in [1.54, 1.807) is 0 Å². The van der Waals surface area contributed by atoms with E-state index in [2.05, 4.69) is 44.3 Å². The molecule has 0 aromatic heterocycles. The third-order valence-corrected chi connectivity index (χ3v) is 5.45. The van der Waals surface area contributed by atoms with E-state index in [9.17, 15) is 4.79 Å². The van der Waals surface area contributed by atoms with Crippen LogP contribution in [-0.2, 0) is 11.3 Å². The van der Waals surface area contributed by atoms with Crippen LogP contribution in [0.15, 0.2) is 27.7 Å². The fourth-order valence-corrected chi connectivity index (χ4v) is 4.04. The van der Waals surface area contributed by atoms with Crippen molar-refractivity contribution in [3.05, 3.63) is 28.2 Å². The number of rotatable bonds is 0. The summed E-state index contributed by atoms with van der Waals surface area (Å²) in [7, 11) is 0. The molecule has 1 aromatic carbocycles. The number of carbonyl (C=O) groups excluding carboxylic acids is 1. The third-order valence-electron chi connectivity index (χ3n) is 4.96. The van der Waals surface area contributed by atoms with E-state index in [-0.39, 0.29) is 5.54 Å². The maximum atomic E-state index is 12.2. The van der Waals surface area contributed by atoms with Crippen molar-refractivity contribution in [1.29, 1.82) is 0 Å². The molecule has 1 N–H and O–H groups in total. The Labute approximate surface area is 132 Å². The Bertz CT molecular complexity index is 642. The van der Waals surface area contributed by atoms with E-state index in [0.717, 1.165) is 54.9 Å². The first-order valence-corrected chi connectivity index (χ1v) is 8.35. The van der Waals surface area contributed by atoms with Gasteiger partial charge in [-0.3, -0.25) is 4.79 Å². The Hall–Kier alpha value is -1.20. The third kappa shape index (κ3) is 2.23. The molecule has 0 amide bonds. The number of nitrogens with zero attached hydrogens (tertiary/aromatic N) is 2. The molecule has 1 atom stereocenters. The molecule has 3 aliphatic heterocycles. The van der Waals surface area contributed by atoms with Gasteiger partial charge in [-0.15, -0.1) is 0 Å². The normalized spacial score (nSPS) is 28.1. The van der Waals surface area contributed by atoms with E-state index >= 15 is 0 Å². The van der Waals surface area contributed by atoms with Gasteiger partial charge in [-0.05, 0) is 30.5 Å². The minimum Gasteiger partial charge on any atom is -0.356 e. The summed E-state index contributed by atoms with van der Waals surface area (Å²) in [5.41, 5.74) is 2.05. The topological polar surface area (TPSA) is 44.7 Å². The summed E-state index contributed by atoms with van der Waals surface area (Å²) < 4.78 is 1.07. The predicted molar refractivity (Wildman–Crippen MR) is 85.9 cm³/mol. The molecule has 3 heterocycles. The monoisotopic (exact) mass is 347 g/mol. The van der Waals surface area contributed by atoms with E-state index in [1.807, 2.05) is 0 Å². The zero-order valence-corrected chi connectivity index (χ0v) is 13.4. The number of Topliss-reactive ketones (excluding diaryl/α,β-unsaturated/α-hetero) is 1. The fraction of sp³-hybridized carbons (Fsp3) is 0.500. The largest absolute Gasteiger partial charge is 0.356 e. The minimum absolute atomic E-state index is 0.285. The zero-order valence-electron chi connectivity index (χ0n) is 11.9. The number of ketones is 1. The Morgan fingerprint density at radius 2 is 2.19 bits per heavy atom.